The number of hydrogen-bond acceptors (Lipinski definition) is 2. The van der Waals surface area contributed by atoms with E-state index in [1.54, 1.807) is 25.1 Å². The molecule has 0 saturated heterocycles. The van der Waals surface area contributed by atoms with Crippen LogP contribution in [0.15, 0.2) is 31.1 Å². The van der Waals surface area contributed by atoms with Crippen molar-refractivity contribution < 1.29 is 4.79 Å². The third kappa shape index (κ3) is 2.14. The van der Waals surface area contributed by atoms with Crippen molar-refractivity contribution in [2.75, 3.05) is 14.1 Å². The molecule has 0 aliphatic carbocycles. The van der Waals surface area contributed by atoms with Crippen molar-refractivity contribution >= 4 is 11.6 Å². The Balaban J connectivity index is 2.63. The maximum Gasteiger partial charge on any atom is 0.255 e. The van der Waals surface area contributed by atoms with Crippen LogP contribution < -0.4 is 0 Å². The van der Waals surface area contributed by atoms with Gasteiger partial charge >= 0.3 is 0 Å². The van der Waals surface area contributed by atoms with Crippen LogP contribution in [0.4, 0.5) is 0 Å². The van der Waals surface area contributed by atoms with Crippen LogP contribution in [0.5, 0.6) is 0 Å². The highest BCUT2D eigenvalue weighted by atomic mass is 16.2. The number of aryl methyl sites for hydroxylation is 1. The molecule has 0 N–H and O–H groups in total. The topological polar surface area (TPSA) is 37.6 Å². The smallest absolute Gasteiger partial charge is 0.255 e. The average molecular weight is 243 g/mol. The van der Waals surface area contributed by atoms with Crippen molar-refractivity contribution in [1.82, 2.24) is 14.3 Å². The lowest BCUT2D eigenvalue weighted by molar-refractivity contribution is 0.0826. The summed E-state index contributed by atoms with van der Waals surface area (Å²) in [6.07, 6.45) is 6.22. The maximum atomic E-state index is 12.1. The summed E-state index contributed by atoms with van der Waals surface area (Å²) in [5, 5.41) is 0. The third-order valence-corrected chi connectivity index (χ3v) is 2.80. The van der Waals surface area contributed by atoms with E-state index in [1.807, 2.05) is 29.8 Å². The van der Waals surface area contributed by atoms with Crippen LogP contribution in [0, 0.1) is 6.92 Å². The summed E-state index contributed by atoms with van der Waals surface area (Å²) in [5.74, 6) is 0.0000954. The second kappa shape index (κ2) is 4.64. The molecule has 0 aliphatic heterocycles. The third-order valence-electron chi connectivity index (χ3n) is 2.80. The number of carbonyl (C=O) groups excluding carboxylic acids is 1. The van der Waals surface area contributed by atoms with E-state index in [2.05, 4.69) is 11.6 Å². The van der Waals surface area contributed by atoms with Crippen LogP contribution >= 0.6 is 0 Å². The molecule has 4 heteroatoms. The summed E-state index contributed by atoms with van der Waals surface area (Å²) in [6.45, 7) is 5.67. The minimum absolute atomic E-state index is 0.0000954. The zero-order valence-corrected chi connectivity index (χ0v) is 11.0. The lowest BCUT2D eigenvalue weighted by Crippen LogP contribution is -2.23. The van der Waals surface area contributed by atoms with Crippen molar-refractivity contribution in [1.29, 1.82) is 0 Å². The first kappa shape index (κ1) is 12.4. The van der Waals surface area contributed by atoms with Gasteiger partial charge in [-0.05, 0) is 25.0 Å². The molecular weight excluding hydrogens is 226 g/mol. The van der Waals surface area contributed by atoms with Gasteiger partial charge in [-0.2, -0.15) is 0 Å². The predicted molar refractivity (Wildman–Crippen MR) is 71.8 cm³/mol. The number of nitrogens with zero attached hydrogens (tertiary/aromatic N) is 3. The van der Waals surface area contributed by atoms with Gasteiger partial charge in [0.25, 0.3) is 5.91 Å². The highest BCUT2D eigenvalue weighted by molar-refractivity contribution is 5.95. The van der Waals surface area contributed by atoms with Crippen molar-refractivity contribution in [3.8, 4) is 0 Å². The van der Waals surface area contributed by atoms with Crippen LogP contribution in [0.3, 0.4) is 0 Å². The van der Waals surface area contributed by atoms with E-state index in [-0.39, 0.29) is 5.91 Å². The molecule has 2 aromatic heterocycles. The Hall–Kier alpha value is -2.10. The number of fused-ring (bicyclic) bond motifs is 1. The molecule has 1 amide bonds. The molecule has 0 atom stereocenters. The normalized spacial score (nSPS) is 10.6. The molecule has 94 valence electrons. The maximum absolute atomic E-state index is 12.1. The van der Waals surface area contributed by atoms with Crippen molar-refractivity contribution in [3.63, 3.8) is 0 Å². The molecule has 0 spiro atoms. The van der Waals surface area contributed by atoms with Gasteiger partial charge in [0.15, 0.2) is 0 Å². The SMILES string of the molecule is C=CCc1cc2nc(C)cn2cc1C(=O)N(C)C. The van der Waals surface area contributed by atoms with Crippen molar-refractivity contribution in [2.24, 2.45) is 0 Å². The predicted octanol–water partition coefficient (Wildman–Crippen LogP) is 2.07. The molecule has 4 nitrogen and oxygen atoms in total. The highest BCUT2D eigenvalue weighted by Gasteiger charge is 2.14. The van der Waals surface area contributed by atoms with Gasteiger partial charge in [-0.15, -0.1) is 6.58 Å². The zero-order valence-electron chi connectivity index (χ0n) is 11.0. The second-order valence-corrected chi connectivity index (χ2v) is 4.55. The Bertz CT molecular complexity index is 611. The Kier molecular flexibility index (Phi) is 3.19. The van der Waals surface area contributed by atoms with Gasteiger partial charge in [0.2, 0.25) is 0 Å². The summed E-state index contributed by atoms with van der Waals surface area (Å²) >= 11 is 0. The van der Waals surface area contributed by atoms with E-state index < -0.39 is 0 Å². The van der Waals surface area contributed by atoms with E-state index in [9.17, 15) is 4.79 Å². The summed E-state index contributed by atoms with van der Waals surface area (Å²) in [7, 11) is 3.51. The summed E-state index contributed by atoms with van der Waals surface area (Å²) in [4.78, 5) is 18.1. The van der Waals surface area contributed by atoms with Gasteiger partial charge in [0.1, 0.15) is 5.65 Å². The largest absolute Gasteiger partial charge is 0.345 e. The molecule has 2 rings (SSSR count). The van der Waals surface area contributed by atoms with Crippen LogP contribution in [0.25, 0.3) is 5.65 Å². The van der Waals surface area contributed by atoms with E-state index in [4.69, 9.17) is 0 Å². The zero-order chi connectivity index (χ0) is 13.3. The molecule has 0 saturated carbocycles. The fraction of sp³-hybridized carbons (Fsp3) is 0.286. The Morgan fingerprint density at radius 1 is 1.50 bits per heavy atom. The summed E-state index contributed by atoms with van der Waals surface area (Å²) in [5.41, 5.74) is 3.46. The number of allylic oxidation sites excluding steroid dienone is 1. The molecule has 0 aliphatic rings. The summed E-state index contributed by atoms with van der Waals surface area (Å²) in [6, 6.07) is 1.95. The molecular formula is C14H17N3O. The number of rotatable bonds is 3. The monoisotopic (exact) mass is 243 g/mol. The average Bonchev–Trinajstić information content (AvgIpc) is 2.66. The van der Waals surface area contributed by atoms with Gasteiger partial charge in [0.05, 0.1) is 11.3 Å². The lowest BCUT2D eigenvalue weighted by atomic mass is 10.1. The van der Waals surface area contributed by atoms with Gasteiger partial charge < -0.3 is 9.30 Å². The molecule has 0 unspecified atom stereocenters. The Morgan fingerprint density at radius 3 is 2.83 bits per heavy atom. The minimum atomic E-state index is 0.0000954. The lowest BCUT2D eigenvalue weighted by Gasteiger charge is -2.13. The molecule has 0 bridgehead atoms. The van der Waals surface area contributed by atoms with Gasteiger partial charge in [-0.25, -0.2) is 4.98 Å². The fourth-order valence-corrected chi connectivity index (χ4v) is 1.96. The molecule has 18 heavy (non-hydrogen) atoms. The number of aromatic nitrogens is 2. The van der Waals surface area contributed by atoms with Gasteiger partial charge in [-0.3, -0.25) is 4.79 Å². The highest BCUT2D eigenvalue weighted by Crippen LogP contribution is 2.16. The van der Waals surface area contributed by atoms with Crippen LogP contribution in [0.2, 0.25) is 0 Å². The Morgan fingerprint density at radius 2 is 2.22 bits per heavy atom. The van der Waals surface area contributed by atoms with E-state index in [0.717, 1.165) is 16.9 Å². The number of pyridine rings is 1. The fourth-order valence-electron chi connectivity index (χ4n) is 1.96. The number of hydrogen-bond donors (Lipinski definition) is 0. The first-order chi connectivity index (χ1) is 8.52. The molecule has 2 aromatic rings. The second-order valence-electron chi connectivity index (χ2n) is 4.55. The van der Waals surface area contributed by atoms with Gasteiger partial charge in [0, 0.05) is 26.5 Å². The molecule has 0 fully saturated rings. The quantitative estimate of drug-likeness (QED) is 0.774. The number of imidazole rings is 1. The van der Waals surface area contributed by atoms with Gasteiger partial charge in [-0.1, -0.05) is 6.08 Å². The minimum Gasteiger partial charge on any atom is -0.345 e. The number of amides is 1. The van der Waals surface area contributed by atoms with E-state index in [1.165, 1.54) is 0 Å². The van der Waals surface area contributed by atoms with Crippen molar-refractivity contribution in [3.05, 3.63) is 47.9 Å². The molecule has 0 radical (unpaired) electrons. The first-order valence-electron chi connectivity index (χ1n) is 5.83. The van der Waals surface area contributed by atoms with Crippen LogP contribution in [0.1, 0.15) is 21.6 Å². The van der Waals surface area contributed by atoms with E-state index >= 15 is 0 Å². The first-order valence-corrected chi connectivity index (χ1v) is 5.83. The number of carbonyl (C=O) groups is 1. The Labute approximate surface area is 107 Å². The van der Waals surface area contributed by atoms with Crippen LogP contribution in [-0.2, 0) is 6.42 Å². The van der Waals surface area contributed by atoms with E-state index in [0.29, 0.717) is 12.0 Å². The molecule has 0 aromatic carbocycles. The molecule has 2 heterocycles. The standard InChI is InChI=1S/C14H17N3O/c1-5-6-11-7-13-15-10(2)8-17(13)9-12(11)14(18)16(3)4/h5,7-9H,1,6H2,2-4H3. The van der Waals surface area contributed by atoms with Crippen molar-refractivity contribution in [2.45, 2.75) is 13.3 Å². The summed E-state index contributed by atoms with van der Waals surface area (Å²) < 4.78 is 1.89. The van der Waals surface area contributed by atoms with Crippen LogP contribution in [-0.4, -0.2) is 34.3 Å².